The van der Waals surface area contributed by atoms with E-state index in [0.717, 1.165) is 31.7 Å². The third-order valence-electron chi connectivity index (χ3n) is 7.69. The first-order valence-corrected chi connectivity index (χ1v) is 11.4. The van der Waals surface area contributed by atoms with Crippen molar-refractivity contribution < 1.29 is 22.8 Å². The van der Waals surface area contributed by atoms with Crippen molar-refractivity contribution in [2.45, 2.75) is 38.8 Å². The van der Waals surface area contributed by atoms with Gasteiger partial charge in [0.05, 0.1) is 23.1 Å². The second-order valence-corrected chi connectivity index (χ2v) is 9.82. The molecule has 0 aromatic heterocycles. The highest BCUT2D eigenvalue weighted by molar-refractivity contribution is 5.87. The van der Waals surface area contributed by atoms with Crippen molar-refractivity contribution in [1.29, 1.82) is 5.26 Å². The molecule has 0 unspecified atom stereocenters. The normalized spacial score (nSPS) is 25.0. The van der Waals surface area contributed by atoms with Crippen LogP contribution >= 0.6 is 0 Å². The number of hydrogen-bond acceptors (Lipinski definition) is 4. The number of carbonyl (C=O) groups is 2. The molecule has 2 amide bonds. The molecule has 1 aliphatic carbocycles. The Morgan fingerprint density at radius 2 is 1.85 bits per heavy atom. The van der Waals surface area contributed by atoms with Gasteiger partial charge in [-0.05, 0) is 55.7 Å². The van der Waals surface area contributed by atoms with E-state index in [1.807, 2.05) is 16.7 Å². The summed E-state index contributed by atoms with van der Waals surface area (Å²) in [7, 11) is 1.61. The summed E-state index contributed by atoms with van der Waals surface area (Å²) in [6, 6.07) is 5.46. The Balaban J connectivity index is 1.46. The average molecular weight is 463 g/mol. The van der Waals surface area contributed by atoms with E-state index in [1.165, 1.54) is 6.07 Å². The van der Waals surface area contributed by atoms with E-state index in [0.29, 0.717) is 31.9 Å². The molecule has 0 bridgehead atoms. The Kier molecular flexibility index (Phi) is 6.06. The van der Waals surface area contributed by atoms with Crippen molar-refractivity contribution in [2.75, 3.05) is 38.1 Å². The molecule has 3 fully saturated rings. The lowest BCUT2D eigenvalue weighted by Crippen LogP contribution is -2.41. The van der Waals surface area contributed by atoms with E-state index < -0.39 is 11.7 Å². The number of rotatable bonds is 4. The first-order chi connectivity index (χ1) is 15.6. The third-order valence-corrected chi connectivity index (χ3v) is 7.69. The van der Waals surface area contributed by atoms with Crippen LogP contribution in [0.15, 0.2) is 18.2 Å². The molecule has 6 nitrogen and oxygen atoms in total. The molecule has 2 aliphatic heterocycles. The lowest BCUT2D eigenvalue weighted by atomic mass is 9.78. The molecule has 1 aromatic carbocycles. The Morgan fingerprint density at radius 3 is 2.39 bits per heavy atom. The van der Waals surface area contributed by atoms with Gasteiger partial charge in [-0.2, -0.15) is 18.4 Å². The van der Waals surface area contributed by atoms with Crippen molar-refractivity contribution in [1.82, 2.24) is 10.2 Å². The van der Waals surface area contributed by atoms with Crippen LogP contribution in [-0.4, -0.2) is 49.9 Å². The molecule has 1 saturated carbocycles. The summed E-state index contributed by atoms with van der Waals surface area (Å²) in [6.45, 7) is 4.10. The minimum absolute atomic E-state index is 0.0464. The molecule has 1 N–H and O–H groups in total. The largest absolute Gasteiger partial charge is 0.417 e. The van der Waals surface area contributed by atoms with Crippen LogP contribution in [0.3, 0.4) is 0 Å². The Hall–Kier alpha value is -2.76. The fourth-order valence-corrected chi connectivity index (χ4v) is 5.37. The lowest BCUT2D eigenvalue weighted by Gasteiger charge is -2.37. The maximum absolute atomic E-state index is 13.4. The molecule has 9 heteroatoms. The maximum atomic E-state index is 13.4. The fourth-order valence-electron chi connectivity index (χ4n) is 5.37. The summed E-state index contributed by atoms with van der Waals surface area (Å²) >= 11 is 0. The zero-order chi connectivity index (χ0) is 24.0. The Morgan fingerprint density at radius 1 is 1.18 bits per heavy atom. The number of likely N-dealkylation sites (tertiary alicyclic amines) is 1. The van der Waals surface area contributed by atoms with Crippen molar-refractivity contribution in [2.24, 2.45) is 23.2 Å². The number of nitriles is 1. The second kappa shape index (κ2) is 8.54. The molecule has 178 valence electrons. The summed E-state index contributed by atoms with van der Waals surface area (Å²) in [6.07, 6.45) is -1.34. The summed E-state index contributed by atoms with van der Waals surface area (Å²) in [5, 5.41) is 11.8. The van der Waals surface area contributed by atoms with Gasteiger partial charge in [0, 0.05) is 44.3 Å². The van der Waals surface area contributed by atoms with E-state index in [-0.39, 0.29) is 40.5 Å². The number of alkyl halides is 3. The number of nitrogens with one attached hydrogen (secondary N) is 1. The van der Waals surface area contributed by atoms with E-state index in [9.17, 15) is 22.8 Å². The third kappa shape index (κ3) is 4.53. The summed E-state index contributed by atoms with van der Waals surface area (Å²) in [4.78, 5) is 29.2. The fraction of sp³-hybridized carbons (Fsp3) is 0.625. The van der Waals surface area contributed by atoms with Gasteiger partial charge < -0.3 is 15.1 Å². The smallest absolute Gasteiger partial charge is 0.372 e. The zero-order valence-electron chi connectivity index (χ0n) is 18.9. The number of anilines is 1. The number of hydrogen-bond donors (Lipinski definition) is 1. The Bertz CT molecular complexity index is 975. The number of nitrogens with zero attached hydrogens (tertiary/aromatic N) is 3. The van der Waals surface area contributed by atoms with Gasteiger partial charge in [-0.25, -0.2) is 0 Å². The first-order valence-electron chi connectivity index (χ1n) is 11.4. The summed E-state index contributed by atoms with van der Waals surface area (Å²) in [5.74, 6) is 0.0812. The molecule has 0 radical (unpaired) electrons. The van der Waals surface area contributed by atoms with Gasteiger partial charge in [-0.3, -0.25) is 9.59 Å². The van der Waals surface area contributed by atoms with E-state index in [2.05, 4.69) is 5.32 Å². The van der Waals surface area contributed by atoms with Crippen LogP contribution in [0.5, 0.6) is 0 Å². The van der Waals surface area contributed by atoms with Crippen LogP contribution in [0.1, 0.15) is 43.7 Å². The van der Waals surface area contributed by atoms with Gasteiger partial charge in [0.1, 0.15) is 0 Å². The quantitative estimate of drug-likeness (QED) is 0.744. The topological polar surface area (TPSA) is 76.4 Å². The predicted octanol–water partition coefficient (Wildman–Crippen LogP) is 3.41. The molecular formula is C24H29F3N4O2. The Labute approximate surface area is 191 Å². The lowest BCUT2D eigenvalue weighted by molar-refractivity contribution is -0.138. The summed E-state index contributed by atoms with van der Waals surface area (Å²) < 4.78 is 40.1. The average Bonchev–Trinajstić information content (AvgIpc) is 3.41. The van der Waals surface area contributed by atoms with Crippen molar-refractivity contribution >= 4 is 17.5 Å². The molecule has 4 rings (SSSR count). The van der Waals surface area contributed by atoms with Gasteiger partial charge >= 0.3 is 6.18 Å². The molecule has 3 aliphatic rings. The summed E-state index contributed by atoms with van der Waals surface area (Å²) in [5.41, 5.74) is -1.12. The van der Waals surface area contributed by atoms with Crippen LogP contribution in [0.2, 0.25) is 0 Å². The number of benzene rings is 1. The highest BCUT2D eigenvalue weighted by Gasteiger charge is 2.51. The van der Waals surface area contributed by atoms with Crippen molar-refractivity contribution in [3.63, 3.8) is 0 Å². The molecule has 2 heterocycles. The molecule has 0 spiro atoms. The number of carbonyl (C=O) groups excluding carboxylic acids is 2. The highest BCUT2D eigenvalue weighted by atomic mass is 19.4. The molecular weight excluding hydrogens is 433 g/mol. The molecule has 33 heavy (non-hydrogen) atoms. The second-order valence-electron chi connectivity index (χ2n) is 9.82. The van der Waals surface area contributed by atoms with Gasteiger partial charge in [0.25, 0.3) is 0 Å². The van der Waals surface area contributed by atoms with Gasteiger partial charge in [-0.15, -0.1) is 0 Å². The monoisotopic (exact) mass is 462 g/mol. The van der Waals surface area contributed by atoms with Gasteiger partial charge in [0.2, 0.25) is 11.8 Å². The zero-order valence-corrected chi connectivity index (χ0v) is 18.9. The van der Waals surface area contributed by atoms with E-state index >= 15 is 0 Å². The highest BCUT2D eigenvalue weighted by Crippen LogP contribution is 2.48. The molecule has 2 atom stereocenters. The predicted molar refractivity (Wildman–Crippen MR) is 116 cm³/mol. The van der Waals surface area contributed by atoms with Gasteiger partial charge in [-0.1, -0.05) is 6.92 Å². The first kappa shape index (κ1) is 23.4. The number of halogens is 3. The minimum atomic E-state index is -4.59. The van der Waals surface area contributed by atoms with E-state index in [1.54, 1.807) is 19.2 Å². The molecule has 1 aromatic rings. The van der Waals surface area contributed by atoms with Crippen LogP contribution in [-0.2, 0) is 15.8 Å². The number of piperidine rings is 1. The van der Waals surface area contributed by atoms with Crippen LogP contribution < -0.4 is 10.2 Å². The van der Waals surface area contributed by atoms with Gasteiger partial charge in [0.15, 0.2) is 0 Å². The standard InChI is InChI=1S/C24H29F3N4O2/c1-23(7-8-23)22(33)31-13-18(19(14-31)21(32)29-2)15-5-9-30(10-6-15)17-4-3-16(12-28)20(11-17)24(25,26)27/h3-4,11,15,18-19H,5-10,13-14H2,1-2H3,(H,29,32)/t18-,19+/m0/s1. The van der Waals surface area contributed by atoms with Crippen molar-refractivity contribution in [3.8, 4) is 6.07 Å². The number of amides is 2. The van der Waals surface area contributed by atoms with Crippen LogP contribution in [0.4, 0.5) is 18.9 Å². The van der Waals surface area contributed by atoms with Crippen molar-refractivity contribution in [3.05, 3.63) is 29.3 Å². The maximum Gasteiger partial charge on any atom is 0.417 e. The van der Waals surface area contributed by atoms with E-state index in [4.69, 9.17) is 5.26 Å². The van der Waals surface area contributed by atoms with Crippen LogP contribution in [0.25, 0.3) is 0 Å². The molecule has 2 saturated heterocycles. The minimum Gasteiger partial charge on any atom is -0.372 e. The SMILES string of the molecule is CNC(=O)[C@@H]1CN(C(=O)C2(C)CC2)C[C@H]1C1CCN(c2ccc(C#N)c(C(F)(F)F)c2)CC1. The van der Waals surface area contributed by atoms with Crippen LogP contribution in [0, 0.1) is 34.5 Å².